The molecule has 4 N–H and O–H groups in total. The Balaban J connectivity index is 2.39. The van der Waals surface area contributed by atoms with Gasteiger partial charge in [-0.25, -0.2) is 0 Å². The van der Waals surface area contributed by atoms with E-state index in [2.05, 4.69) is 6.07 Å². The molecule has 0 amide bonds. The van der Waals surface area contributed by atoms with Crippen molar-refractivity contribution < 1.29 is 0 Å². The van der Waals surface area contributed by atoms with E-state index in [1.165, 1.54) is 5.56 Å². The SMILES string of the molecule is CC(C)(N)CSCc1cccc(N)c1. The topological polar surface area (TPSA) is 52.0 Å². The van der Waals surface area contributed by atoms with Crippen molar-refractivity contribution in [2.45, 2.75) is 25.1 Å². The molecule has 0 heterocycles. The Labute approximate surface area is 90.1 Å². The molecule has 0 saturated carbocycles. The van der Waals surface area contributed by atoms with Crippen LogP contribution in [0.25, 0.3) is 0 Å². The maximum absolute atomic E-state index is 5.88. The third-order valence-electron chi connectivity index (χ3n) is 1.69. The van der Waals surface area contributed by atoms with Crippen LogP contribution in [-0.2, 0) is 5.75 Å². The smallest absolute Gasteiger partial charge is 0.0317 e. The second kappa shape index (κ2) is 4.71. The lowest BCUT2D eigenvalue weighted by atomic mass is 10.1. The van der Waals surface area contributed by atoms with Crippen LogP contribution in [0.2, 0.25) is 0 Å². The van der Waals surface area contributed by atoms with Gasteiger partial charge >= 0.3 is 0 Å². The number of nitrogens with two attached hydrogens (primary N) is 2. The fourth-order valence-electron chi connectivity index (χ4n) is 1.11. The van der Waals surface area contributed by atoms with E-state index >= 15 is 0 Å². The average molecular weight is 210 g/mol. The molecule has 1 rings (SSSR count). The van der Waals surface area contributed by atoms with Crippen molar-refractivity contribution >= 4 is 17.4 Å². The molecule has 0 atom stereocenters. The van der Waals surface area contributed by atoms with Gasteiger partial charge in [0.25, 0.3) is 0 Å². The first-order valence-corrected chi connectivity index (χ1v) is 5.84. The number of nitrogen functional groups attached to an aromatic ring is 1. The molecular weight excluding hydrogens is 192 g/mol. The largest absolute Gasteiger partial charge is 0.399 e. The van der Waals surface area contributed by atoms with Gasteiger partial charge in [-0.1, -0.05) is 12.1 Å². The maximum atomic E-state index is 5.88. The Morgan fingerprint density at radius 1 is 1.36 bits per heavy atom. The van der Waals surface area contributed by atoms with Gasteiger partial charge < -0.3 is 11.5 Å². The summed E-state index contributed by atoms with van der Waals surface area (Å²) in [5.74, 6) is 1.94. The fraction of sp³-hybridized carbons (Fsp3) is 0.455. The summed E-state index contributed by atoms with van der Waals surface area (Å²) in [5, 5.41) is 0. The van der Waals surface area contributed by atoms with Crippen molar-refractivity contribution in [1.82, 2.24) is 0 Å². The normalized spacial score (nSPS) is 11.6. The van der Waals surface area contributed by atoms with E-state index in [-0.39, 0.29) is 5.54 Å². The van der Waals surface area contributed by atoms with Crippen LogP contribution >= 0.6 is 11.8 Å². The molecule has 3 heteroatoms. The van der Waals surface area contributed by atoms with Crippen LogP contribution in [-0.4, -0.2) is 11.3 Å². The molecule has 0 saturated heterocycles. The standard InChI is InChI=1S/C11H18N2S/c1-11(2,13)8-14-7-9-4-3-5-10(12)6-9/h3-6H,7-8,12-13H2,1-2H3. The third-order valence-corrected chi connectivity index (χ3v) is 3.18. The van der Waals surface area contributed by atoms with E-state index in [1.807, 2.05) is 43.8 Å². The molecule has 0 spiro atoms. The summed E-state index contributed by atoms with van der Waals surface area (Å²) in [5.41, 5.74) is 13.6. The second-order valence-electron chi connectivity index (χ2n) is 4.23. The van der Waals surface area contributed by atoms with Crippen LogP contribution in [0, 0.1) is 0 Å². The Hall–Kier alpha value is -0.670. The Bertz CT molecular complexity index is 292. The van der Waals surface area contributed by atoms with Crippen LogP contribution in [0.4, 0.5) is 5.69 Å². The highest BCUT2D eigenvalue weighted by atomic mass is 32.2. The molecule has 0 aliphatic heterocycles. The molecule has 0 unspecified atom stereocenters. The van der Waals surface area contributed by atoms with Crippen LogP contribution in [0.3, 0.4) is 0 Å². The molecule has 1 aromatic rings. The lowest BCUT2D eigenvalue weighted by Gasteiger charge is -2.17. The van der Waals surface area contributed by atoms with Gasteiger partial charge in [0.2, 0.25) is 0 Å². The molecule has 14 heavy (non-hydrogen) atoms. The molecule has 2 nitrogen and oxygen atoms in total. The average Bonchev–Trinajstić information content (AvgIpc) is 2.01. The van der Waals surface area contributed by atoms with Gasteiger partial charge in [0.1, 0.15) is 0 Å². The van der Waals surface area contributed by atoms with E-state index in [0.29, 0.717) is 0 Å². The van der Waals surface area contributed by atoms with E-state index in [0.717, 1.165) is 17.2 Å². The molecule has 0 bridgehead atoms. The highest BCUT2D eigenvalue weighted by molar-refractivity contribution is 7.98. The monoisotopic (exact) mass is 210 g/mol. The second-order valence-corrected chi connectivity index (χ2v) is 5.21. The van der Waals surface area contributed by atoms with Crippen LogP contribution in [0.5, 0.6) is 0 Å². The number of thioether (sulfide) groups is 1. The van der Waals surface area contributed by atoms with Gasteiger partial charge in [-0.2, -0.15) is 11.8 Å². The summed E-state index contributed by atoms with van der Waals surface area (Å²) in [6, 6.07) is 7.99. The highest BCUT2D eigenvalue weighted by Crippen LogP contribution is 2.17. The molecule has 0 fully saturated rings. The molecule has 0 aliphatic carbocycles. The third kappa shape index (κ3) is 4.53. The molecule has 1 aromatic carbocycles. The van der Waals surface area contributed by atoms with Gasteiger partial charge in [0.15, 0.2) is 0 Å². The van der Waals surface area contributed by atoms with Gasteiger partial charge in [-0.3, -0.25) is 0 Å². The van der Waals surface area contributed by atoms with E-state index < -0.39 is 0 Å². The minimum absolute atomic E-state index is 0.0923. The minimum atomic E-state index is -0.0923. The number of benzene rings is 1. The van der Waals surface area contributed by atoms with E-state index in [4.69, 9.17) is 11.5 Å². The minimum Gasteiger partial charge on any atom is -0.399 e. The van der Waals surface area contributed by atoms with Crippen molar-refractivity contribution in [3.8, 4) is 0 Å². The summed E-state index contributed by atoms with van der Waals surface area (Å²) in [6.07, 6.45) is 0. The van der Waals surface area contributed by atoms with Gasteiger partial charge in [-0.15, -0.1) is 0 Å². The zero-order valence-corrected chi connectivity index (χ0v) is 9.60. The lowest BCUT2D eigenvalue weighted by molar-refractivity contribution is 0.591. The molecule has 0 aromatic heterocycles. The molecule has 0 radical (unpaired) electrons. The molecule has 0 aliphatic rings. The van der Waals surface area contributed by atoms with Crippen molar-refractivity contribution in [3.63, 3.8) is 0 Å². The fourth-order valence-corrected chi connectivity index (χ4v) is 2.16. The van der Waals surface area contributed by atoms with E-state index in [1.54, 1.807) is 0 Å². The zero-order valence-electron chi connectivity index (χ0n) is 8.79. The first-order chi connectivity index (χ1) is 6.47. The Morgan fingerprint density at radius 2 is 2.07 bits per heavy atom. The zero-order chi connectivity index (χ0) is 10.6. The number of rotatable bonds is 4. The van der Waals surface area contributed by atoms with Crippen molar-refractivity contribution in [2.75, 3.05) is 11.5 Å². The maximum Gasteiger partial charge on any atom is 0.0317 e. The van der Waals surface area contributed by atoms with Crippen LogP contribution < -0.4 is 11.5 Å². The van der Waals surface area contributed by atoms with Crippen molar-refractivity contribution in [1.29, 1.82) is 0 Å². The van der Waals surface area contributed by atoms with Gasteiger partial charge in [0, 0.05) is 22.7 Å². The van der Waals surface area contributed by atoms with Crippen LogP contribution in [0.1, 0.15) is 19.4 Å². The Kier molecular flexibility index (Phi) is 3.84. The van der Waals surface area contributed by atoms with Crippen molar-refractivity contribution in [2.24, 2.45) is 5.73 Å². The van der Waals surface area contributed by atoms with Gasteiger partial charge in [0.05, 0.1) is 0 Å². The quantitative estimate of drug-likeness (QED) is 0.749. The predicted molar refractivity (Wildman–Crippen MR) is 65.3 cm³/mol. The summed E-state index contributed by atoms with van der Waals surface area (Å²) in [6.45, 7) is 4.08. The highest BCUT2D eigenvalue weighted by Gasteiger charge is 2.09. The number of hydrogen-bond acceptors (Lipinski definition) is 3. The van der Waals surface area contributed by atoms with E-state index in [9.17, 15) is 0 Å². The first-order valence-electron chi connectivity index (χ1n) is 4.68. The molecule has 78 valence electrons. The van der Waals surface area contributed by atoms with Crippen LogP contribution in [0.15, 0.2) is 24.3 Å². The number of anilines is 1. The number of hydrogen-bond donors (Lipinski definition) is 2. The first kappa shape index (κ1) is 11.4. The molecular formula is C11H18N2S. The Morgan fingerprint density at radius 3 is 2.64 bits per heavy atom. The summed E-state index contributed by atoms with van der Waals surface area (Å²) in [4.78, 5) is 0. The predicted octanol–water partition coefficient (Wildman–Crippen LogP) is 2.24. The lowest BCUT2D eigenvalue weighted by Crippen LogP contribution is -2.34. The van der Waals surface area contributed by atoms with Crippen molar-refractivity contribution in [3.05, 3.63) is 29.8 Å². The van der Waals surface area contributed by atoms with Gasteiger partial charge in [-0.05, 0) is 31.5 Å². The summed E-state index contributed by atoms with van der Waals surface area (Å²) >= 11 is 1.84. The summed E-state index contributed by atoms with van der Waals surface area (Å²) < 4.78 is 0. The summed E-state index contributed by atoms with van der Waals surface area (Å²) in [7, 11) is 0.